The summed E-state index contributed by atoms with van der Waals surface area (Å²) in [5.74, 6) is 3.00. The van der Waals surface area contributed by atoms with E-state index in [1.807, 2.05) is 0 Å². The molecule has 0 aliphatic rings. The van der Waals surface area contributed by atoms with E-state index in [4.69, 9.17) is 22.8 Å². The van der Waals surface area contributed by atoms with Gasteiger partial charge in [-0.1, -0.05) is 11.6 Å². The quantitative estimate of drug-likeness (QED) is 0.651. The van der Waals surface area contributed by atoms with Crippen LogP contribution in [0.15, 0.2) is 12.3 Å². The highest BCUT2D eigenvalue weighted by atomic mass is 35.5. The van der Waals surface area contributed by atoms with Crippen LogP contribution in [0.2, 0.25) is 5.02 Å². The molecule has 0 N–H and O–H groups in total. The Morgan fingerprint density at radius 1 is 1.75 bits per heavy atom. The number of nitrogens with zero attached hydrogens (tertiary/aromatic N) is 1. The number of methoxy groups -OCH3 is 1. The monoisotopic (exact) mass is 181 g/mol. The van der Waals surface area contributed by atoms with E-state index in [-0.39, 0.29) is 0 Å². The molecule has 1 heterocycles. The van der Waals surface area contributed by atoms with E-state index in [2.05, 4.69) is 10.9 Å². The maximum Gasteiger partial charge on any atom is 0.218 e. The highest BCUT2D eigenvalue weighted by Gasteiger charge is 2.06. The van der Waals surface area contributed by atoms with Crippen molar-refractivity contribution in [3.63, 3.8) is 0 Å². The van der Waals surface area contributed by atoms with Crippen LogP contribution in [0.5, 0.6) is 5.88 Å². The molecule has 2 nitrogen and oxygen atoms in total. The van der Waals surface area contributed by atoms with Crippen molar-refractivity contribution in [2.75, 3.05) is 7.11 Å². The first kappa shape index (κ1) is 8.89. The first-order chi connectivity index (χ1) is 5.79. The predicted octanol–water partition coefficient (Wildman–Crippen LogP) is 1.92. The lowest BCUT2D eigenvalue weighted by Crippen LogP contribution is -1.94. The van der Waals surface area contributed by atoms with E-state index in [0.29, 0.717) is 17.3 Å². The number of ether oxygens (including phenoxy) is 1. The molecule has 0 spiro atoms. The molecule has 0 saturated carbocycles. The summed E-state index contributed by atoms with van der Waals surface area (Å²) in [5.41, 5.74) is 0.768. The fraction of sp³-hybridized carbons (Fsp3) is 0.222. The van der Waals surface area contributed by atoms with Crippen LogP contribution in [-0.2, 0) is 6.42 Å². The molecule has 0 radical (unpaired) electrons. The Hall–Kier alpha value is -1.20. The molecule has 0 aromatic carbocycles. The Balaban J connectivity index is 3.12. The van der Waals surface area contributed by atoms with Crippen LogP contribution in [0.4, 0.5) is 0 Å². The van der Waals surface area contributed by atoms with Gasteiger partial charge in [0.05, 0.1) is 12.1 Å². The van der Waals surface area contributed by atoms with Gasteiger partial charge in [0.25, 0.3) is 0 Å². The second-order valence-electron chi connectivity index (χ2n) is 2.16. The largest absolute Gasteiger partial charge is 0.481 e. The standard InChI is InChI=1S/C9H8ClNO/c1-3-4-7-8(10)5-6-11-9(7)12-2/h1,5-6H,4H2,2H3. The van der Waals surface area contributed by atoms with E-state index in [0.717, 1.165) is 5.56 Å². The molecule has 0 saturated heterocycles. The maximum atomic E-state index is 5.87. The molecule has 1 aromatic rings. The van der Waals surface area contributed by atoms with E-state index in [1.165, 1.54) is 0 Å². The number of terminal acetylenes is 1. The van der Waals surface area contributed by atoms with Crippen LogP contribution in [0.3, 0.4) is 0 Å². The minimum atomic E-state index is 0.440. The highest BCUT2D eigenvalue weighted by Crippen LogP contribution is 2.23. The van der Waals surface area contributed by atoms with E-state index in [1.54, 1.807) is 19.4 Å². The van der Waals surface area contributed by atoms with Gasteiger partial charge in [-0.05, 0) is 6.07 Å². The molecule has 0 fully saturated rings. The number of aromatic nitrogens is 1. The average molecular weight is 182 g/mol. The Morgan fingerprint density at radius 2 is 2.50 bits per heavy atom. The fourth-order valence-electron chi connectivity index (χ4n) is 0.889. The third-order valence-electron chi connectivity index (χ3n) is 1.43. The van der Waals surface area contributed by atoms with Gasteiger partial charge < -0.3 is 4.74 Å². The SMILES string of the molecule is C#CCc1c(Cl)ccnc1OC. The van der Waals surface area contributed by atoms with Gasteiger partial charge in [0, 0.05) is 18.2 Å². The predicted molar refractivity (Wildman–Crippen MR) is 48.3 cm³/mol. The van der Waals surface area contributed by atoms with Gasteiger partial charge in [0.1, 0.15) is 0 Å². The summed E-state index contributed by atoms with van der Waals surface area (Å²) in [6, 6.07) is 1.69. The topological polar surface area (TPSA) is 22.1 Å². The highest BCUT2D eigenvalue weighted by molar-refractivity contribution is 6.31. The zero-order chi connectivity index (χ0) is 8.97. The van der Waals surface area contributed by atoms with Crippen LogP contribution in [0.1, 0.15) is 5.56 Å². The molecule has 0 aliphatic heterocycles. The van der Waals surface area contributed by atoms with Crippen molar-refractivity contribution in [3.8, 4) is 18.2 Å². The summed E-state index contributed by atoms with van der Waals surface area (Å²) in [6.45, 7) is 0. The third-order valence-corrected chi connectivity index (χ3v) is 1.79. The second-order valence-corrected chi connectivity index (χ2v) is 2.57. The van der Waals surface area contributed by atoms with Crippen LogP contribution < -0.4 is 4.74 Å². The summed E-state index contributed by atoms with van der Waals surface area (Å²) >= 11 is 5.87. The fourth-order valence-corrected chi connectivity index (χ4v) is 1.09. The third kappa shape index (κ3) is 1.69. The summed E-state index contributed by atoms with van der Waals surface area (Å²) in [5, 5.41) is 0.597. The summed E-state index contributed by atoms with van der Waals surface area (Å²) in [6.07, 6.45) is 7.19. The molecule has 1 rings (SSSR count). The van der Waals surface area contributed by atoms with Crippen LogP contribution in [0.25, 0.3) is 0 Å². The van der Waals surface area contributed by atoms with Crippen molar-refractivity contribution in [1.82, 2.24) is 4.98 Å². The van der Waals surface area contributed by atoms with Crippen LogP contribution >= 0.6 is 11.6 Å². The molecule has 62 valence electrons. The molecule has 0 aliphatic carbocycles. The smallest absolute Gasteiger partial charge is 0.218 e. The molecule has 1 aromatic heterocycles. The Kier molecular flexibility index (Phi) is 2.95. The van der Waals surface area contributed by atoms with Gasteiger partial charge in [-0.15, -0.1) is 12.3 Å². The van der Waals surface area contributed by atoms with Gasteiger partial charge in [-0.25, -0.2) is 4.98 Å². The molecule has 0 amide bonds. The number of hydrogen-bond donors (Lipinski definition) is 0. The molecule has 0 bridgehead atoms. The second kappa shape index (κ2) is 3.99. The zero-order valence-corrected chi connectivity index (χ0v) is 7.43. The molecular formula is C9H8ClNO. The lowest BCUT2D eigenvalue weighted by Gasteiger charge is -2.05. The van der Waals surface area contributed by atoms with Gasteiger partial charge in [-0.3, -0.25) is 0 Å². The first-order valence-electron chi connectivity index (χ1n) is 3.40. The van der Waals surface area contributed by atoms with Gasteiger partial charge in [0.15, 0.2) is 0 Å². The molecule has 3 heteroatoms. The Morgan fingerprint density at radius 3 is 3.08 bits per heavy atom. The molecule has 0 unspecified atom stereocenters. The Labute approximate surface area is 76.5 Å². The average Bonchev–Trinajstić information content (AvgIpc) is 2.09. The van der Waals surface area contributed by atoms with Crippen molar-refractivity contribution in [3.05, 3.63) is 22.8 Å². The van der Waals surface area contributed by atoms with Crippen molar-refractivity contribution < 1.29 is 4.74 Å². The summed E-state index contributed by atoms with van der Waals surface area (Å²) < 4.78 is 4.99. The van der Waals surface area contributed by atoms with Crippen molar-refractivity contribution >= 4 is 11.6 Å². The minimum absolute atomic E-state index is 0.440. The minimum Gasteiger partial charge on any atom is -0.481 e. The lowest BCUT2D eigenvalue weighted by molar-refractivity contribution is 0.394. The lowest BCUT2D eigenvalue weighted by atomic mass is 10.2. The number of rotatable bonds is 2. The van der Waals surface area contributed by atoms with Crippen molar-refractivity contribution in [2.24, 2.45) is 0 Å². The van der Waals surface area contributed by atoms with Crippen molar-refractivity contribution in [1.29, 1.82) is 0 Å². The Bertz CT molecular complexity index is 317. The zero-order valence-electron chi connectivity index (χ0n) is 6.67. The first-order valence-corrected chi connectivity index (χ1v) is 3.78. The maximum absolute atomic E-state index is 5.87. The number of hydrogen-bond acceptors (Lipinski definition) is 2. The molecule has 12 heavy (non-hydrogen) atoms. The van der Waals surface area contributed by atoms with Crippen LogP contribution in [0, 0.1) is 12.3 Å². The van der Waals surface area contributed by atoms with Gasteiger partial charge in [0.2, 0.25) is 5.88 Å². The van der Waals surface area contributed by atoms with E-state index >= 15 is 0 Å². The van der Waals surface area contributed by atoms with Crippen LogP contribution in [-0.4, -0.2) is 12.1 Å². The molecular weight excluding hydrogens is 174 g/mol. The van der Waals surface area contributed by atoms with E-state index in [9.17, 15) is 0 Å². The normalized spacial score (nSPS) is 9.08. The van der Waals surface area contributed by atoms with Gasteiger partial charge >= 0.3 is 0 Å². The van der Waals surface area contributed by atoms with Crippen molar-refractivity contribution in [2.45, 2.75) is 6.42 Å². The summed E-state index contributed by atoms with van der Waals surface area (Å²) in [7, 11) is 1.54. The number of halogens is 1. The van der Waals surface area contributed by atoms with E-state index < -0.39 is 0 Å². The van der Waals surface area contributed by atoms with Gasteiger partial charge in [-0.2, -0.15) is 0 Å². The summed E-state index contributed by atoms with van der Waals surface area (Å²) in [4.78, 5) is 3.97. The number of pyridine rings is 1. The molecule has 0 atom stereocenters.